The first-order chi connectivity index (χ1) is 15.1. The second-order valence-corrected chi connectivity index (χ2v) is 7.86. The molecule has 2 N–H and O–H groups in total. The maximum Gasteiger partial charge on any atom is 0.261 e. The highest BCUT2D eigenvalue weighted by Crippen LogP contribution is 2.37. The average Bonchev–Trinajstić information content (AvgIpc) is 2.75. The van der Waals surface area contributed by atoms with E-state index < -0.39 is 48.5 Å². The van der Waals surface area contributed by atoms with E-state index in [1.54, 1.807) is 13.8 Å². The van der Waals surface area contributed by atoms with Crippen LogP contribution in [0, 0.1) is 0 Å². The Balaban J connectivity index is 1.82. The third-order valence-corrected chi connectivity index (χ3v) is 5.39. The Bertz CT molecular complexity index is 1180. The molecule has 2 aromatic rings. The number of hydrogen-bond donors (Lipinski definition) is 2. The second-order valence-electron chi connectivity index (χ2n) is 7.86. The van der Waals surface area contributed by atoms with Crippen LogP contribution in [-0.4, -0.2) is 71.4 Å². The van der Waals surface area contributed by atoms with Crippen LogP contribution in [0.3, 0.4) is 0 Å². The lowest BCUT2D eigenvalue weighted by molar-refractivity contribution is -0.122. The number of carbonyl (C=O) groups excluding carboxylic acids is 6. The normalized spacial score (nSPS) is 15.0. The van der Waals surface area contributed by atoms with E-state index in [9.17, 15) is 28.8 Å². The van der Waals surface area contributed by atoms with E-state index in [0.717, 1.165) is 9.80 Å². The molecular formula is C22H20N4O6. The van der Waals surface area contributed by atoms with Crippen LogP contribution >= 0.6 is 0 Å². The van der Waals surface area contributed by atoms with Crippen LogP contribution in [0.5, 0.6) is 0 Å². The van der Waals surface area contributed by atoms with Crippen molar-refractivity contribution in [1.82, 2.24) is 20.4 Å². The summed E-state index contributed by atoms with van der Waals surface area (Å²) < 4.78 is 0. The molecule has 0 atom stereocenters. The largest absolute Gasteiger partial charge is 0.358 e. The number of likely N-dealkylation sites (N-methyl/N-ethyl adjacent to an activating group) is 1. The van der Waals surface area contributed by atoms with Gasteiger partial charge in [-0.15, -0.1) is 0 Å². The number of carbonyl (C=O) groups is 6. The van der Waals surface area contributed by atoms with Gasteiger partial charge in [0.25, 0.3) is 23.6 Å². The van der Waals surface area contributed by atoms with E-state index in [1.165, 1.54) is 31.3 Å². The first kappa shape index (κ1) is 21.2. The van der Waals surface area contributed by atoms with Crippen molar-refractivity contribution < 1.29 is 28.8 Å². The van der Waals surface area contributed by atoms with E-state index in [2.05, 4.69) is 10.6 Å². The minimum atomic E-state index is -0.687. The fourth-order valence-corrected chi connectivity index (χ4v) is 4.00. The molecule has 0 fully saturated rings. The molecule has 0 aliphatic carbocycles. The number of hydrogen-bond acceptors (Lipinski definition) is 6. The number of benzene rings is 2. The molecule has 2 heterocycles. The zero-order valence-corrected chi connectivity index (χ0v) is 17.6. The average molecular weight is 436 g/mol. The molecule has 0 saturated heterocycles. The maximum atomic E-state index is 13.1. The summed E-state index contributed by atoms with van der Waals surface area (Å²) in [5.41, 5.74) is 0.488. The summed E-state index contributed by atoms with van der Waals surface area (Å²) in [5, 5.41) is 5.42. The van der Waals surface area contributed by atoms with E-state index in [4.69, 9.17) is 0 Å². The molecule has 6 amide bonds. The quantitative estimate of drug-likeness (QED) is 0.648. The summed E-state index contributed by atoms with van der Waals surface area (Å²) >= 11 is 0. The SMILES string of the molecule is CNC(=O)CN1C(=O)c2ccc3c4c(ccc(c24)C1=O)C(=O)N(CC(=O)NC(C)C)C3=O. The van der Waals surface area contributed by atoms with Gasteiger partial charge in [-0.3, -0.25) is 38.6 Å². The zero-order chi connectivity index (χ0) is 23.3. The van der Waals surface area contributed by atoms with E-state index >= 15 is 0 Å². The van der Waals surface area contributed by atoms with E-state index in [1.807, 2.05) is 0 Å². The Labute approximate surface area is 182 Å². The third kappa shape index (κ3) is 3.11. The monoisotopic (exact) mass is 436 g/mol. The van der Waals surface area contributed by atoms with Crippen LogP contribution in [0.2, 0.25) is 0 Å². The first-order valence-electron chi connectivity index (χ1n) is 9.97. The summed E-state index contributed by atoms with van der Waals surface area (Å²) in [4.78, 5) is 77.7. The topological polar surface area (TPSA) is 133 Å². The molecule has 164 valence electrons. The van der Waals surface area contributed by atoms with Crippen LogP contribution in [0.25, 0.3) is 10.8 Å². The highest BCUT2D eigenvalue weighted by molar-refractivity contribution is 6.33. The number of nitrogens with zero attached hydrogens (tertiary/aromatic N) is 2. The zero-order valence-electron chi connectivity index (χ0n) is 17.6. The Kier molecular flexibility index (Phi) is 5.00. The van der Waals surface area contributed by atoms with Crippen LogP contribution in [-0.2, 0) is 9.59 Å². The first-order valence-corrected chi connectivity index (χ1v) is 9.97. The molecule has 0 spiro atoms. The lowest BCUT2D eigenvalue weighted by atomic mass is 9.86. The van der Waals surface area contributed by atoms with Crippen molar-refractivity contribution in [2.45, 2.75) is 19.9 Å². The molecule has 10 heteroatoms. The van der Waals surface area contributed by atoms with Crippen molar-refractivity contribution in [2.75, 3.05) is 20.1 Å². The van der Waals surface area contributed by atoms with E-state index in [-0.39, 0.29) is 39.1 Å². The molecule has 0 aromatic heterocycles. The highest BCUT2D eigenvalue weighted by atomic mass is 16.2. The van der Waals surface area contributed by atoms with Crippen molar-refractivity contribution in [3.63, 3.8) is 0 Å². The van der Waals surface area contributed by atoms with Gasteiger partial charge >= 0.3 is 0 Å². The van der Waals surface area contributed by atoms with Crippen LogP contribution in [0.15, 0.2) is 24.3 Å². The van der Waals surface area contributed by atoms with Gasteiger partial charge in [0.1, 0.15) is 13.1 Å². The summed E-state index contributed by atoms with van der Waals surface area (Å²) in [5.74, 6) is -3.73. The number of imide groups is 2. The third-order valence-electron chi connectivity index (χ3n) is 5.39. The minimum absolute atomic E-state index is 0.121. The Morgan fingerprint density at radius 3 is 1.38 bits per heavy atom. The van der Waals surface area contributed by atoms with Gasteiger partial charge in [0, 0.05) is 46.1 Å². The molecule has 0 bridgehead atoms. The van der Waals surface area contributed by atoms with Gasteiger partial charge < -0.3 is 10.6 Å². The molecule has 4 rings (SSSR count). The minimum Gasteiger partial charge on any atom is -0.358 e. The number of rotatable bonds is 5. The summed E-state index contributed by atoms with van der Waals surface area (Å²) in [6.07, 6.45) is 0. The van der Waals surface area contributed by atoms with Crippen LogP contribution < -0.4 is 10.6 Å². The van der Waals surface area contributed by atoms with Crippen molar-refractivity contribution in [2.24, 2.45) is 0 Å². The van der Waals surface area contributed by atoms with Gasteiger partial charge in [0.15, 0.2) is 0 Å². The van der Waals surface area contributed by atoms with Gasteiger partial charge in [0.05, 0.1) is 0 Å². The Morgan fingerprint density at radius 1 is 0.719 bits per heavy atom. The lowest BCUT2D eigenvalue weighted by Gasteiger charge is -2.31. The fourth-order valence-electron chi connectivity index (χ4n) is 4.00. The predicted molar refractivity (Wildman–Crippen MR) is 112 cm³/mol. The fraction of sp³-hybridized carbons (Fsp3) is 0.273. The molecule has 32 heavy (non-hydrogen) atoms. The molecule has 2 aromatic carbocycles. The second kappa shape index (κ2) is 7.56. The van der Waals surface area contributed by atoms with Gasteiger partial charge in [-0.25, -0.2) is 0 Å². The smallest absolute Gasteiger partial charge is 0.261 e. The molecule has 0 radical (unpaired) electrons. The summed E-state index contributed by atoms with van der Waals surface area (Å²) in [6.45, 7) is 2.63. The van der Waals surface area contributed by atoms with Crippen molar-refractivity contribution in [1.29, 1.82) is 0 Å². The maximum absolute atomic E-state index is 13.1. The van der Waals surface area contributed by atoms with Gasteiger partial charge in [-0.1, -0.05) is 0 Å². The molecule has 2 aliphatic rings. The summed E-state index contributed by atoms with van der Waals surface area (Å²) in [6, 6.07) is 5.44. The van der Waals surface area contributed by atoms with Crippen LogP contribution in [0.1, 0.15) is 55.3 Å². The number of nitrogens with one attached hydrogen (secondary N) is 2. The van der Waals surface area contributed by atoms with Gasteiger partial charge in [-0.05, 0) is 38.1 Å². The molecular weight excluding hydrogens is 416 g/mol. The van der Waals surface area contributed by atoms with Crippen molar-refractivity contribution in [3.05, 3.63) is 46.5 Å². The predicted octanol–water partition coefficient (Wildman–Crippen LogP) is 0.302. The lowest BCUT2D eigenvalue weighted by Crippen LogP contribution is -2.48. The van der Waals surface area contributed by atoms with E-state index in [0.29, 0.717) is 0 Å². The number of amides is 6. The molecule has 2 aliphatic heterocycles. The summed E-state index contributed by atoms with van der Waals surface area (Å²) in [7, 11) is 1.39. The molecule has 0 unspecified atom stereocenters. The van der Waals surface area contributed by atoms with Crippen LogP contribution in [0.4, 0.5) is 0 Å². The van der Waals surface area contributed by atoms with Crippen molar-refractivity contribution in [3.8, 4) is 0 Å². The van der Waals surface area contributed by atoms with Crippen molar-refractivity contribution >= 4 is 46.2 Å². The Hall–Kier alpha value is -4.08. The van der Waals surface area contributed by atoms with Gasteiger partial charge in [0.2, 0.25) is 11.8 Å². The molecule has 10 nitrogen and oxygen atoms in total. The highest BCUT2D eigenvalue weighted by Gasteiger charge is 2.40. The van der Waals surface area contributed by atoms with Gasteiger partial charge in [-0.2, -0.15) is 0 Å². The standard InChI is InChI=1S/C22H20N4O6/c1-10(2)24-16(28)9-26-21(31)13-6-4-11-17-12(5-7-14(18(13)17)22(26)32)20(30)25(19(11)29)8-15(27)23-3/h4-7,10H,8-9H2,1-3H3,(H,23,27)(H,24,28). The Morgan fingerprint density at radius 2 is 1.06 bits per heavy atom. The molecule has 0 saturated carbocycles.